The monoisotopic (exact) mass is 620 g/mol. The molecule has 0 saturated carbocycles. The smallest absolute Gasteiger partial charge is 0.429 e. The highest BCUT2D eigenvalue weighted by Crippen LogP contribution is 2.40. The summed E-state index contributed by atoms with van der Waals surface area (Å²) in [7, 11) is 0. The molecule has 226 valence electrons. The van der Waals surface area contributed by atoms with Crippen molar-refractivity contribution < 1.29 is 48.6 Å². The molecule has 11 heteroatoms. The van der Waals surface area contributed by atoms with Gasteiger partial charge in [0.2, 0.25) is 0 Å². The number of halogens is 10. The van der Waals surface area contributed by atoms with Crippen LogP contribution >= 0.6 is 0 Å². The Balaban J connectivity index is 1.41. The summed E-state index contributed by atoms with van der Waals surface area (Å²) in [6.07, 6.45) is -9.92. The summed E-state index contributed by atoms with van der Waals surface area (Å²) < 4.78 is 145. The van der Waals surface area contributed by atoms with Crippen LogP contribution in [-0.2, 0) is 12.3 Å². The third kappa shape index (κ3) is 6.13. The quantitative estimate of drug-likeness (QED) is 0.172. The van der Waals surface area contributed by atoms with Gasteiger partial charge in [-0.1, -0.05) is 54.1 Å². The SMILES string of the molecule is Cc1ccc(-c2ccc(-c3ccc(-c4cc(F)c(C(F)(F)Oc5ccc(C(F)(F)F)c(F)c5)c(F)c4)c(F)c3)c(F)c2)cc1. The van der Waals surface area contributed by atoms with Crippen LogP contribution in [0.2, 0.25) is 0 Å². The van der Waals surface area contributed by atoms with E-state index in [4.69, 9.17) is 0 Å². The van der Waals surface area contributed by atoms with E-state index in [2.05, 4.69) is 4.74 Å². The molecule has 5 rings (SSSR count). The van der Waals surface area contributed by atoms with E-state index in [1.807, 2.05) is 31.2 Å². The highest BCUT2D eigenvalue weighted by molar-refractivity contribution is 5.74. The van der Waals surface area contributed by atoms with Gasteiger partial charge in [-0.05, 0) is 65.6 Å². The lowest BCUT2D eigenvalue weighted by atomic mass is 9.96. The maximum absolute atomic E-state index is 15.1. The van der Waals surface area contributed by atoms with E-state index in [0.29, 0.717) is 23.8 Å². The third-order valence-electron chi connectivity index (χ3n) is 6.77. The van der Waals surface area contributed by atoms with Crippen molar-refractivity contribution in [2.24, 2.45) is 0 Å². The number of hydrogen-bond acceptors (Lipinski definition) is 1. The van der Waals surface area contributed by atoms with Crippen LogP contribution in [0.1, 0.15) is 16.7 Å². The van der Waals surface area contributed by atoms with E-state index >= 15 is 4.39 Å². The van der Waals surface area contributed by atoms with Crippen molar-refractivity contribution in [3.05, 3.63) is 137 Å². The minimum atomic E-state index is -5.12. The van der Waals surface area contributed by atoms with E-state index < -0.39 is 69.4 Å². The lowest BCUT2D eigenvalue weighted by Gasteiger charge is -2.20. The summed E-state index contributed by atoms with van der Waals surface area (Å²) in [5, 5.41) is 0. The maximum Gasteiger partial charge on any atom is 0.432 e. The zero-order valence-electron chi connectivity index (χ0n) is 22.3. The molecule has 1 nitrogen and oxygen atoms in total. The highest BCUT2D eigenvalue weighted by atomic mass is 19.4. The van der Waals surface area contributed by atoms with Crippen LogP contribution < -0.4 is 4.74 Å². The first kappa shape index (κ1) is 30.7. The van der Waals surface area contributed by atoms with Crippen molar-refractivity contribution in [3.8, 4) is 39.1 Å². The van der Waals surface area contributed by atoms with Crippen LogP contribution in [0.5, 0.6) is 5.75 Å². The van der Waals surface area contributed by atoms with Crippen LogP contribution in [-0.4, -0.2) is 0 Å². The van der Waals surface area contributed by atoms with Gasteiger partial charge in [-0.25, -0.2) is 22.0 Å². The Kier molecular flexibility index (Phi) is 7.92. The summed E-state index contributed by atoms with van der Waals surface area (Å²) in [6, 6.07) is 16.3. The highest BCUT2D eigenvalue weighted by Gasteiger charge is 2.42. The zero-order chi connectivity index (χ0) is 32.0. The molecule has 0 amide bonds. The molecular formula is C33H18F10O. The van der Waals surface area contributed by atoms with Gasteiger partial charge in [0.1, 0.15) is 40.4 Å². The normalized spacial score (nSPS) is 12.0. The molecule has 0 heterocycles. The molecule has 44 heavy (non-hydrogen) atoms. The molecule has 0 fully saturated rings. The Morgan fingerprint density at radius 3 is 1.52 bits per heavy atom. The average molecular weight is 620 g/mol. The largest absolute Gasteiger partial charge is 0.432 e. The predicted octanol–water partition coefficient (Wildman–Crippen LogP) is 10.8. The number of rotatable bonds is 6. The Morgan fingerprint density at radius 2 is 0.977 bits per heavy atom. The molecule has 5 aromatic rings. The number of ether oxygens (including phenoxy) is 1. The number of benzene rings is 5. The van der Waals surface area contributed by atoms with Crippen molar-refractivity contribution in [2.75, 3.05) is 0 Å². The zero-order valence-corrected chi connectivity index (χ0v) is 22.3. The molecule has 0 aliphatic carbocycles. The molecule has 0 unspecified atom stereocenters. The van der Waals surface area contributed by atoms with E-state index in [1.165, 1.54) is 18.2 Å². The van der Waals surface area contributed by atoms with Gasteiger partial charge in [0.25, 0.3) is 0 Å². The van der Waals surface area contributed by atoms with Crippen molar-refractivity contribution in [1.29, 1.82) is 0 Å². The maximum atomic E-state index is 15.1. The van der Waals surface area contributed by atoms with Crippen LogP contribution in [0, 0.1) is 36.0 Å². The molecule has 0 aromatic heterocycles. The summed E-state index contributed by atoms with van der Waals surface area (Å²) in [5.41, 5.74) is -2.08. The fraction of sp³-hybridized carbons (Fsp3) is 0.0909. The molecule has 5 aromatic carbocycles. The Hall–Kier alpha value is -4.80. The van der Waals surface area contributed by atoms with Gasteiger partial charge in [-0.2, -0.15) is 22.0 Å². The molecule has 0 aliphatic heterocycles. The second-order valence-corrected chi connectivity index (χ2v) is 9.83. The molecule has 0 bridgehead atoms. The van der Waals surface area contributed by atoms with Gasteiger partial charge in [0, 0.05) is 17.2 Å². The molecule has 0 N–H and O–H groups in total. The lowest BCUT2D eigenvalue weighted by Crippen LogP contribution is -2.25. The van der Waals surface area contributed by atoms with Crippen molar-refractivity contribution in [1.82, 2.24) is 0 Å². The third-order valence-corrected chi connectivity index (χ3v) is 6.77. The number of alkyl halides is 5. The molecule has 0 spiro atoms. The molecule has 0 atom stereocenters. The minimum Gasteiger partial charge on any atom is -0.429 e. The fourth-order valence-electron chi connectivity index (χ4n) is 4.59. The van der Waals surface area contributed by atoms with Crippen LogP contribution in [0.3, 0.4) is 0 Å². The second-order valence-electron chi connectivity index (χ2n) is 9.83. The van der Waals surface area contributed by atoms with Gasteiger partial charge in [-0.15, -0.1) is 0 Å². The van der Waals surface area contributed by atoms with Crippen LogP contribution in [0.15, 0.2) is 91.0 Å². The average Bonchev–Trinajstić information content (AvgIpc) is 2.92. The van der Waals surface area contributed by atoms with Gasteiger partial charge in [-0.3, -0.25) is 0 Å². The van der Waals surface area contributed by atoms with E-state index in [-0.39, 0.29) is 23.3 Å². The van der Waals surface area contributed by atoms with Crippen molar-refractivity contribution in [2.45, 2.75) is 19.2 Å². The van der Waals surface area contributed by atoms with E-state index in [9.17, 15) is 39.5 Å². The Morgan fingerprint density at radius 1 is 0.477 bits per heavy atom. The first-order chi connectivity index (χ1) is 20.6. The van der Waals surface area contributed by atoms with Gasteiger partial charge in [0.15, 0.2) is 0 Å². The number of aryl methyl sites for hydroxylation is 1. The van der Waals surface area contributed by atoms with Gasteiger partial charge < -0.3 is 4.74 Å². The topological polar surface area (TPSA) is 9.23 Å². The molecule has 0 saturated heterocycles. The second kappa shape index (κ2) is 11.4. The summed E-state index contributed by atoms with van der Waals surface area (Å²) in [6.45, 7) is 1.91. The van der Waals surface area contributed by atoms with E-state index in [0.717, 1.165) is 23.3 Å². The summed E-state index contributed by atoms with van der Waals surface area (Å²) >= 11 is 0. The van der Waals surface area contributed by atoms with Crippen molar-refractivity contribution in [3.63, 3.8) is 0 Å². The molecular weight excluding hydrogens is 602 g/mol. The minimum absolute atomic E-state index is 0.00325. The van der Waals surface area contributed by atoms with Gasteiger partial charge >= 0.3 is 12.3 Å². The van der Waals surface area contributed by atoms with Crippen molar-refractivity contribution >= 4 is 0 Å². The first-order valence-electron chi connectivity index (χ1n) is 12.7. The molecule has 0 aliphatic rings. The first-order valence-corrected chi connectivity index (χ1v) is 12.7. The lowest BCUT2D eigenvalue weighted by molar-refractivity contribution is -0.189. The summed E-state index contributed by atoms with van der Waals surface area (Å²) in [4.78, 5) is 0. The van der Waals surface area contributed by atoms with Gasteiger partial charge in [0.05, 0.1) is 5.56 Å². The molecule has 0 radical (unpaired) electrons. The van der Waals surface area contributed by atoms with E-state index in [1.54, 1.807) is 6.07 Å². The standard InChI is InChI=1S/C33H18F10O/c1-17-2-4-18(5-3-17)19-6-9-23(26(34)12-19)20-7-10-24(27(35)13-20)21-14-29(37)31(30(38)15-21)33(42,43)44-22-8-11-25(28(36)16-22)32(39,40)41/h2-16H,1H3. The summed E-state index contributed by atoms with van der Waals surface area (Å²) in [5.74, 6) is -8.53. The fourth-order valence-corrected chi connectivity index (χ4v) is 4.59. The predicted molar refractivity (Wildman–Crippen MR) is 143 cm³/mol. The Labute approximate surface area is 244 Å². The van der Waals surface area contributed by atoms with Crippen LogP contribution in [0.4, 0.5) is 43.9 Å². The number of hydrogen-bond donors (Lipinski definition) is 0. The van der Waals surface area contributed by atoms with Crippen LogP contribution in [0.25, 0.3) is 33.4 Å². The Bertz CT molecular complexity index is 1840.